The molecule has 0 N–H and O–H groups in total. The fourth-order valence-corrected chi connectivity index (χ4v) is 5.37. The minimum atomic E-state index is -0.413. The lowest BCUT2D eigenvalue weighted by Gasteiger charge is -2.35. The highest BCUT2D eigenvalue weighted by Gasteiger charge is 2.46. The molecule has 144 valence electrons. The Morgan fingerprint density at radius 3 is 1.52 bits per heavy atom. The van der Waals surface area contributed by atoms with Crippen molar-refractivity contribution in [2.45, 2.75) is 110 Å². The van der Waals surface area contributed by atoms with Gasteiger partial charge in [-0.3, -0.25) is 9.59 Å². The van der Waals surface area contributed by atoms with Gasteiger partial charge in [0.25, 0.3) is 0 Å². The third kappa shape index (κ3) is 4.20. The van der Waals surface area contributed by atoms with Gasteiger partial charge in [0.15, 0.2) is 0 Å². The van der Waals surface area contributed by atoms with Crippen molar-refractivity contribution in [2.75, 3.05) is 0 Å². The predicted molar refractivity (Wildman–Crippen MR) is 98.1 cm³/mol. The Morgan fingerprint density at radius 1 is 0.800 bits per heavy atom. The first-order chi connectivity index (χ1) is 11.9. The molecular weight excluding hydrogens is 316 g/mol. The van der Waals surface area contributed by atoms with Gasteiger partial charge in [0.05, 0.1) is 0 Å². The zero-order chi connectivity index (χ0) is 18.5. The van der Waals surface area contributed by atoms with Crippen LogP contribution in [0.3, 0.4) is 0 Å². The van der Waals surface area contributed by atoms with Gasteiger partial charge in [-0.25, -0.2) is 0 Å². The number of esters is 2. The normalized spacial score (nSPS) is 34.9. The summed E-state index contributed by atoms with van der Waals surface area (Å²) in [4.78, 5) is 24.9. The zero-order valence-electron chi connectivity index (χ0n) is 16.6. The molecule has 4 unspecified atom stereocenters. The zero-order valence-corrected chi connectivity index (χ0v) is 16.6. The highest BCUT2D eigenvalue weighted by atomic mass is 16.6. The molecule has 0 aromatic carbocycles. The van der Waals surface area contributed by atoms with Gasteiger partial charge in [-0.1, -0.05) is 27.7 Å². The highest BCUT2D eigenvalue weighted by Crippen LogP contribution is 2.44. The Kier molecular flexibility index (Phi) is 6.93. The predicted octanol–water partition coefficient (Wildman–Crippen LogP) is 5.18. The molecule has 0 amide bonds. The van der Waals surface area contributed by atoms with Crippen LogP contribution in [0, 0.1) is 11.8 Å². The van der Waals surface area contributed by atoms with Crippen molar-refractivity contribution in [1.29, 1.82) is 0 Å². The number of carbonyl (C=O) groups is 2. The molecule has 2 fully saturated rings. The molecule has 2 aliphatic carbocycles. The molecule has 4 nitrogen and oxygen atoms in total. The van der Waals surface area contributed by atoms with Crippen LogP contribution < -0.4 is 0 Å². The summed E-state index contributed by atoms with van der Waals surface area (Å²) in [7, 11) is 0. The van der Waals surface area contributed by atoms with Crippen molar-refractivity contribution in [3.8, 4) is 0 Å². The highest BCUT2D eigenvalue weighted by molar-refractivity contribution is 5.91. The summed E-state index contributed by atoms with van der Waals surface area (Å²) in [6.07, 6.45) is 9.67. The van der Waals surface area contributed by atoms with Crippen LogP contribution in [0.25, 0.3) is 0 Å². The Labute approximate surface area is 153 Å². The fraction of sp³-hybridized carbons (Fsp3) is 0.905. The number of hydrogen-bond acceptors (Lipinski definition) is 4. The minimum Gasteiger partial charge on any atom is -0.458 e. The van der Waals surface area contributed by atoms with Crippen LogP contribution >= 0.6 is 0 Å². The third-order valence-corrected chi connectivity index (χ3v) is 6.90. The van der Waals surface area contributed by atoms with E-state index in [0.29, 0.717) is 11.8 Å². The molecule has 0 saturated heterocycles. The maximum absolute atomic E-state index is 12.4. The van der Waals surface area contributed by atoms with E-state index in [-0.39, 0.29) is 17.6 Å². The van der Waals surface area contributed by atoms with E-state index in [1.165, 1.54) is 0 Å². The van der Waals surface area contributed by atoms with Gasteiger partial charge >= 0.3 is 11.9 Å². The fourth-order valence-electron chi connectivity index (χ4n) is 5.37. The van der Waals surface area contributed by atoms with Crippen molar-refractivity contribution < 1.29 is 19.1 Å². The van der Waals surface area contributed by atoms with E-state index in [9.17, 15) is 9.59 Å². The summed E-state index contributed by atoms with van der Waals surface area (Å²) in [5.74, 6) is 0.00603. The Bertz CT molecular complexity index is 433. The maximum Gasteiger partial charge on any atom is 0.317 e. The monoisotopic (exact) mass is 352 g/mol. The van der Waals surface area contributed by atoms with Gasteiger partial charge in [-0.15, -0.1) is 0 Å². The first-order valence-electron chi connectivity index (χ1n) is 10.4. The third-order valence-electron chi connectivity index (χ3n) is 6.90. The lowest BCUT2D eigenvalue weighted by molar-refractivity contribution is -0.176. The second-order valence-electron chi connectivity index (χ2n) is 7.96. The maximum atomic E-state index is 12.4. The summed E-state index contributed by atoms with van der Waals surface area (Å²) in [5.41, 5.74) is -0.734. The van der Waals surface area contributed by atoms with E-state index in [0.717, 1.165) is 64.2 Å². The van der Waals surface area contributed by atoms with Gasteiger partial charge in [-0.2, -0.15) is 0 Å². The van der Waals surface area contributed by atoms with Crippen LogP contribution in [0.1, 0.15) is 98.3 Å². The van der Waals surface area contributed by atoms with Crippen LogP contribution in [0.4, 0.5) is 0 Å². The summed E-state index contributed by atoms with van der Waals surface area (Å²) < 4.78 is 11.7. The van der Waals surface area contributed by atoms with Crippen LogP contribution in [-0.4, -0.2) is 23.1 Å². The van der Waals surface area contributed by atoms with Crippen LogP contribution in [0.2, 0.25) is 0 Å². The molecule has 0 heterocycles. The number of ether oxygens (including phenoxy) is 2. The largest absolute Gasteiger partial charge is 0.458 e. The molecule has 0 spiro atoms. The van der Waals surface area contributed by atoms with E-state index >= 15 is 0 Å². The SMILES string of the molecule is CCC1CCCC1(CC)OC(=O)CC(=O)OC1(CC)CCCC1CC. The molecule has 2 aliphatic rings. The Balaban J connectivity index is 1.94. The average Bonchev–Trinajstić information content (AvgIpc) is 3.18. The summed E-state index contributed by atoms with van der Waals surface area (Å²) in [6, 6.07) is 0. The molecule has 2 saturated carbocycles. The second kappa shape index (κ2) is 8.55. The number of hydrogen-bond donors (Lipinski definition) is 0. The minimum absolute atomic E-state index is 0.254. The van der Waals surface area contributed by atoms with E-state index < -0.39 is 11.9 Å². The van der Waals surface area contributed by atoms with Crippen LogP contribution in [-0.2, 0) is 19.1 Å². The molecule has 2 rings (SSSR count). The van der Waals surface area contributed by atoms with Crippen molar-refractivity contribution in [3.63, 3.8) is 0 Å². The van der Waals surface area contributed by atoms with Crippen LogP contribution in [0.15, 0.2) is 0 Å². The molecule has 0 radical (unpaired) electrons. The quantitative estimate of drug-likeness (QED) is 0.446. The Morgan fingerprint density at radius 2 is 1.20 bits per heavy atom. The van der Waals surface area contributed by atoms with E-state index in [4.69, 9.17) is 9.47 Å². The summed E-state index contributed by atoms with van der Waals surface area (Å²) in [6.45, 7) is 8.46. The average molecular weight is 353 g/mol. The first kappa shape index (κ1) is 20.3. The molecule has 0 aromatic rings. The number of rotatable bonds is 8. The Hall–Kier alpha value is -1.06. The smallest absolute Gasteiger partial charge is 0.317 e. The van der Waals surface area contributed by atoms with Gasteiger partial charge < -0.3 is 9.47 Å². The molecule has 0 aliphatic heterocycles. The number of carbonyl (C=O) groups excluding carboxylic acids is 2. The standard InChI is InChI=1S/C21H36O4/c1-5-16-11-9-13-20(16,7-3)24-18(22)15-19(23)25-21(8-4)14-10-12-17(21)6-2/h16-17H,5-15H2,1-4H3. The van der Waals surface area contributed by atoms with Crippen molar-refractivity contribution in [3.05, 3.63) is 0 Å². The van der Waals surface area contributed by atoms with Gasteiger partial charge in [0.1, 0.15) is 17.6 Å². The van der Waals surface area contributed by atoms with Gasteiger partial charge in [-0.05, 0) is 76.0 Å². The first-order valence-corrected chi connectivity index (χ1v) is 10.4. The summed E-state index contributed by atoms with van der Waals surface area (Å²) >= 11 is 0. The molecule has 25 heavy (non-hydrogen) atoms. The van der Waals surface area contributed by atoms with Crippen LogP contribution in [0.5, 0.6) is 0 Å². The lowest BCUT2D eigenvalue weighted by atomic mass is 9.86. The molecule has 0 bridgehead atoms. The van der Waals surface area contributed by atoms with Gasteiger partial charge in [0.2, 0.25) is 0 Å². The van der Waals surface area contributed by atoms with Crippen molar-refractivity contribution in [2.24, 2.45) is 11.8 Å². The molecule has 4 heteroatoms. The molecule has 4 atom stereocenters. The van der Waals surface area contributed by atoms with Gasteiger partial charge in [0, 0.05) is 0 Å². The van der Waals surface area contributed by atoms with Crippen molar-refractivity contribution >= 4 is 11.9 Å². The van der Waals surface area contributed by atoms with E-state index in [2.05, 4.69) is 27.7 Å². The van der Waals surface area contributed by atoms with E-state index in [1.807, 2.05) is 0 Å². The lowest BCUT2D eigenvalue weighted by Crippen LogP contribution is -2.41. The topological polar surface area (TPSA) is 52.6 Å². The van der Waals surface area contributed by atoms with Crippen molar-refractivity contribution in [1.82, 2.24) is 0 Å². The molecule has 0 aromatic heterocycles. The van der Waals surface area contributed by atoms with E-state index in [1.54, 1.807) is 0 Å². The molecular formula is C21H36O4. The second-order valence-corrected chi connectivity index (χ2v) is 7.96. The summed E-state index contributed by atoms with van der Waals surface area (Å²) in [5, 5.41) is 0.